The number of ether oxygens (including phenoxy) is 2. The average Bonchev–Trinajstić information content (AvgIpc) is 3.55. The Morgan fingerprint density at radius 2 is 1.83 bits per heavy atom. The van der Waals surface area contributed by atoms with E-state index in [4.69, 9.17) is 37.5 Å². The Hall–Kier alpha value is -2.44. The molecule has 1 aliphatic rings. The van der Waals surface area contributed by atoms with Crippen molar-refractivity contribution in [3.63, 3.8) is 0 Å². The van der Waals surface area contributed by atoms with Crippen LogP contribution in [-0.2, 0) is 16.2 Å². The van der Waals surface area contributed by atoms with Crippen molar-refractivity contribution >= 4 is 34.8 Å². The summed E-state index contributed by atoms with van der Waals surface area (Å²) >= 11 is 12.5. The minimum absolute atomic E-state index is 0.157. The second-order valence-corrected chi connectivity index (χ2v) is 7.43. The molecule has 0 saturated heterocycles. The number of nitrogens with zero attached hydrogens (tertiary/aromatic N) is 1. The number of hydrogen-bond donors (Lipinski definition) is 1. The molecule has 0 bridgehead atoms. The summed E-state index contributed by atoms with van der Waals surface area (Å²) in [6, 6.07) is 10.6. The molecule has 1 fully saturated rings. The van der Waals surface area contributed by atoms with Crippen molar-refractivity contribution < 1.29 is 19.1 Å². The number of oxime groups is 1. The molecule has 0 radical (unpaired) electrons. The van der Waals surface area contributed by atoms with E-state index in [1.54, 1.807) is 18.2 Å². The van der Waals surface area contributed by atoms with Gasteiger partial charge >= 0.3 is 0 Å². The van der Waals surface area contributed by atoms with Crippen LogP contribution in [0.2, 0.25) is 10.0 Å². The van der Waals surface area contributed by atoms with Gasteiger partial charge in [-0.3, -0.25) is 4.79 Å². The van der Waals surface area contributed by atoms with E-state index < -0.39 is 0 Å². The van der Waals surface area contributed by atoms with Gasteiger partial charge in [0.25, 0.3) is 5.91 Å². The summed E-state index contributed by atoms with van der Waals surface area (Å²) < 4.78 is 11.7. The molecule has 0 atom stereocenters. The van der Waals surface area contributed by atoms with Crippen molar-refractivity contribution in [3.8, 4) is 11.5 Å². The highest BCUT2D eigenvalue weighted by Crippen LogP contribution is 2.38. The molecule has 29 heavy (non-hydrogen) atoms. The molecule has 1 N–H and O–H groups in total. The van der Waals surface area contributed by atoms with E-state index in [1.165, 1.54) is 27.0 Å². The summed E-state index contributed by atoms with van der Waals surface area (Å²) in [5.74, 6) is 1.22. The summed E-state index contributed by atoms with van der Waals surface area (Å²) in [7, 11) is 2.92. The molecule has 1 aliphatic carbocycles. The molecule has 2 aromatic carbocycles. The van der Waals surface area contributed by atoms with Gasteiger partial charge in [-0.15, -0.1) is 0 Å². The fourth-order valence-electron chi connectivity index (χ4n) is 2.68. The number of rotatable bonds is 9. The Kier molecular flexibility index (Phi) is 7.23. The molecule has 6 nitrogen and oxygen atoms in total. The molecule has 0 spiro atoms. The van der Waals surface area contributed by atoms with E-state index in [0.717, 1.165) is 5.56 Å². The van der Waals surface area contributed by atoms with Crippen molar-refractivity contribution in [2.24, 2.45) is 11.1 Å². The SMILES string of the molecule is CNC(=O)C(=NOC)c1ccccc1COc1cc(OCC2CC2)c(Cl)cc1Cl. The number of halogens is 2. The maximum atomic E-state index is 12.2. The summed E-state index contributed by atoms with van der Waals surface area (Å²) in [5, 5.41) is 7.23. The number of carbonyl (C=O) groups excluding carboxylic acids is 1. The Morgan fingerprint density at radius 1 is 1.14 bits per heavy atom. The summed E-state index contributed by atoms with van der Waals surface area (Å²) in [6.07, 6.45) is 2.37. The van der Waals surface area contributed by atoms with E-state index in [9.17, 15) is 4.79 Å². The minimum Gasteiger partial charge on any atom is -0.492 e. The van der Waals surface area contributed by atoms with Gasteiger partial charge in [-0.1, -0.05) is 52.6 Å². The molecular formula is C21H22Cl2N2O4. The Bertz CT molecular complexity index is 914. The van der Waals surface area contributed by atoms with Gasteiger partial charge in [0.2, 0.25) is 0 Å². The fraction of sp³-hybridized carbons (Fsp3) is 0.333. The number of nitrogens with one attached hydrogen (secondary N) is 1. The fourth-order valence-corrected chi connectivity index (χ4v) is 3.17. The van der Waals surface area contributed by atoms with E-state index in [-0.39, 0.29) is 18.2 Å². The first-order valence-corrected chi connectivity index (χ1v) is 9.95. The first kappa shape index (κ1) is 21.3. The van der Waals surface area contributed by atoms with Crippen LogP contribution in [0.25, 0.3) is 0 Å². The van der Waals surface area contributed by atoms with Crippen LogP contribution in [0.15, 0.2) is 41.6 Å². The van der Waals surface area contributed by atoms with E-state index in [0.29, 0.717) is 39.6 Å². The van der Waals surface area contributed by atoms with E-state index in [2.05, 4.69) is 10.5 Å². The second-order valence-electron chi connectivity index (χ2n) is 6.61. The maximum absolute atomic E-state index is 12.2. The lowest BCUT2D eigenvalue weighted by Crippen LogP contribution is -2.29. The van der Waals surface area contributed by atoms with Crippen LogP contribution >= 0.6 is 23.2 Å². The van der Waals surface area contributed by atoms with Crippen molar-refractivity contribution in [3.05, 3.63) is 57.6 Å². The van der Waals surface area contributed by atoms with Gasteiger partial charge in [-0.25, -0.2) is 0 Å². The third-order valence-corrected chi connectivity index (χ3v) is 5.03. The highest BCUT2D eigenvalue weighted by molar-refractivity contribution is 6.45. The number of likely N-dealkylation sites (N-methyl/N-ethyl adjacent to an activating group) is 1. The van der Waals surface area contributed by atoms with Crippen molar-refractivity contribution in [1.82, 2.24) is 5.32 Å². The van der Waals surface area contributed by atoms with Gasteiger partial charge < -0.3 is 19.6 Å². The Balaban J connectivity index is 1.80. The molecule has 8 heteroatoms. The monoisotopic (exact) mass is 436 g/mol. The van der Waals surface area contributed by atoms with Crippen LogP contribution < -0.4 is 14.8 Å². The van der Waals surface area contributed by atoms with Crippen LogP contribution in [0.1, 0.15) is 24.0 Å². The average molecular weight is 437 g/mol. The smallest absolute Gasteiger partial charge is 0.273 e. The Morgan fingerprint density at radius 3 is 2.48 bits per heavy atom. The molecule has 0 aromatic heterocycles. The number of amides is 1. The van der Waals surface area contributed by atoms with Crippen LogP contribution in [0.4, 0.5) is 0 Å². The molecule has 154 valence electrons. The van der Waals surface area contributed by atoms with Gasteiger partial charge in [0.1, 0.15) is 25.2 Å². The quantitative estimate of drug-likeness (QED) is 0.465. The van der Waals surface area contributed by atoms with Crippen molar-refractivity contribution in [2.75, 3.05) is 20.8 Å². The predicted molar refractivity (Wildman–Crippen MR) is 113 cm³/mol. The van der Waals surface area contributed by atoms with Crippen molar-refractivity contribution in [2.45, 2.75) is 19.4 Å². The van der Waals surface area contributed by atoms with Crippen LogP contribution in [0.5, 0.6) is 11.5 Å². The predicted octanol–water partition coefficient (Wildman–Crippen LogP) is 4.46. The lowest BCUT2D eigenvalue weighted by Gasteiger charge is -2.15. The van der Waals surface area contributed by atoms with Crippen molar-refractivity contribution in [1.29, 1.82) is 0 Å². The lowest BCUT2D eigenvalue weighted by molar-refractivity contribution is -0.114. The maximum Gasteiger partial charge on any atom is 0.273 e. The molecule has 0 heterocycles. The molecular weight excluding hydrogens is 415 g/mol. The number of carbonyl (C=O) groups is 1. The minimum atomic E-state index is -0.361. The largest absolute Gasteiger partial charge is 0.492 e. The summed E-state index contributed by atoms with van der Waals surface area (Å²) in [4.78, 5) is 17.0. The Labute approximate surface area is 179 Å². The zero-order chi connectivity index (χ0) is 20.8. The molecule has 0 unspecified atom stereocenters. The second kappa shape index (κ2) is 9.85. The number of benzene rings is 2. The first-order chi connectivity index (χ1) is 14.0. The molecule has 0 aliphatic heterocycles. The first-order valence-electron chi connectivity index (χ1n) is 9.19. The lowest BCUT2D eigenvalue weighted by atomic mass is 10.0. The summed E-state index contributed by atoms with van der Waals surface area (Å²) in [5.41, 5.74) is 1.51. The highest BCUT2D eigenvalue weighted by Gasteiger charge is 2.23. The molecule has 1 amide bonds. The normalized spacial score (nSPS) is 13.7. The van der Waals surface area contributed by atoms with Crippen LogP contribution in [0, 0.1) is 5.92 Å². The standard InChI is InChI=1S/C21H22Cl2N2O4/c1-24-21(26)20(25-27-2)15-6-4-3-5-14(15)12-29-19-10-18(16(22)9-17(19)23)28-11-13-7-8-13/h3-6,9-10,13H,7-8,11-12H2,1-2H3,(H,24,26). The highest BCUT2D eigenvalue weighted by atomic mass is 35.5. The zero-order valence-electron chi connectivity index (χ0n) is 16.2. The van der Waals surface area contributed by atoms with Crippen LogP contribution in [0.3, 0.4) is 0 Å². The summed E-state index contributed by atoms with van der Waals surface area (Å²) in [6.45, 7) is 0.798. The van der Waals surface area contributed by atoms with E-state index in [1.807, 2.05) is 18.2 Å². The third kappa shape index (κ3) is 5.55. The van der Waals surface area contributed by atoms with E-state index >= 15 is 0 Å². The number of hydrogen-bond acceptors (Lipinski definition) is 5. The van der Waals surface area contributed by atoms with Gasteiger partial charge in [0.15, 0.2) is 5.71 Å². The molecule has 1 saturated carbocycles. The van der Waals surface area contributed by atoms with Gasteiger partial charge in [-0.2, -0.15) is 0 Å². The van der Waals surface area contributed by atoms with Gasteiger partial charge in [-0.05, 0) is 30.4 Å². The van der Waals surface area contributed by atoms with Crippen LogP contribution in [-0.4, -0.2) is 32.4 Å². The zero-order valence-corrected chi connectivity index (χ0v) is 17.7. The van der Waals surface area contributed by atoms with Gasteiger partial charge in [0.05, 0.1) is 16.7 Å². The molecule has 2 aromatic rings. The molecule has 3 rings (SSSR count). The van der Waals surface area contributed by atoms with Gasteiger partial charge in [0, 0.05) is 18.7 Å². The topological polar surface area (TPSA) is 69.2 Å². The third-order valence-electron chi connectivity index (χ3n) is 4.44.